The van der Waals surface area contributed by atoms with E-state index in [1.165, 1.54) is 6.08 Å². The minimum Gasteiger partial charge on any atom is -0.493 e. The van der Waals surface area contributed by atoms with Crippen LogP contribution in [0.3, 0.4) is 0 Å². The average Bonchev–Trinajstić information content (AvgIpc) is 2.98. The SMILES string of the molecule is COc1cc(Cl)cc2cc(/C=C/C(=O)Nc3cc(C)ccc3C)oc12. The number of nitrogens with one attached hydrogen (secondary N) is 1. The summed E-state index contributed by atoms with van der Waals surface area (Å²) in [6, 6.07) is 11.2. The largest absolute Gasteiger partial charge is 0.493 e. The molecule has 1 aromatic heterocycles. The Hall–Kier alpha value is -2.72. The molecule has 0 saturated carbocycles. The third kappa shape index (κ3) is 3.86. The number of hydrogen-bond donors (Lipinski definition) is 1. The molecular weight excluding hydrogens is 338 g/mol. The first-order valence-electron chi connectivity index (χ1n) is 7.79. The molecule has 128 valence electrons. The van der Waals surface area contributed by atoms with Gasteiger partial charge in [-0.1, -0.05) is 23.7 Å². The molecule has 1 N–H and O–H groups in total. The fourth-order valence-corrected chi connectivity index (χ4v) is 2.76. The van der Waals surface area contributed by atoms with Gasteiger partial charge >= 0.3 is 0 Å². The van der Waals surface area contributed by atoms with Crippen molar-refractivity contribution < 1.29 is 13.9 Å². The molecule has 0 unspecified atom stereocenters. The first kappa shape index (κ1) is 17.1. The lowest BCUT2D eigenvalue weighted by atomic mass is 10.1. The Morgan fingerprint density at radius 1 is 1.20 bits per heavy atom. The number of amides is 1. The number of furan rings is 1. The van der Waals surface area contributed by atoms with Gasteiger partial charge in [-0.15, -0.1) is 0 Å². The number of methoxy groups -OCH3 is 1. The highest BCUT2D eigenvalue weighted by Crippen LogP contribution is 2.32. The Morgan fingerprint density at radius 2 is 2.00 bits per heavy atom. The monoisotopic (exact) mass is 355 g/mol. The minimum absolute atomic E-state index is 0.223. The summed E-state index contributed by atoms with van der Waals surface area (Å²) in [6.45, 7) is 3.94. The second-order valence-electron chi connectivity index (χ2n) is 5.82. The zero-order chi connectivity index (χ0) is 18.0. The van der Waals surface area contributed by atoms with Crippen LogP contribution >= 0.6 is 11.6 Å². The van der Waals surface area contributed by atoms with E-state index < -0.39 is 0 Å². The van der Waals surface area contributed by atoms with Crippen molar-refractivity contribution in [2.45, 2.75) is 13.8 Å². The Kier molecular flexibility index (Phi) is 4.81. The number of carbonyl (C=O) groups is 1. The highest BCUT2D eigenvalue weighted by molar-refractivity contribution is 6.31. The van der Waals surface area contributed by atoms with Crippen LogP contribution in [0, 0.1) is 13.8 Å². The molecule has 0 atom stereocenters. The van der Waals surface area contributed by atoms with E-state index in [1.807, 2.05) is 38.1 Å². The molecule has 0 fully saturated rings. The molecule has 0 saturated heterocycles. The van der Waals surface area contributed by atoms with E-state index in [1.54, 1.807) is 25.3 Å². The number of rotatable bonds is 4. The molecule has 1 heterocycles. The number of benzene rings is 2. The molecule has 0 aliphatic carbocycles. The van der Waals surface area contributed by atoms with Crippen LogP contribution in [-0.4, -0.2) is 13.0 Å². The summed E-state index contributed by atoms with van der Waals surface area (Å²) < 4.78 is 11.0. The van der Waals surface area contributed by atoms with Crippen LogP contribution < -0.4 is 10.1 Å². The fourth-order valence-electron chi connectivity index (χ4n) is 2.54. The maximum absolute atomic E-state index is 12.2. The number of carbonyl (C=O) groups excluding carboxylic acids is 1. The van der Waals surface area contributed by atoms with Crippen molar-refractivity contribution >= 4 is 40.2 Å². The predicted molar refractivity (Wildman–Crippen MR) is 101 cm³/mol. The number of aryl methyl sites for hydroxylation is 2. The van der Waals surface area contributed by atoms with E-state index >= 15 is 0 Å². The van der Waals surface area contributed by atoms with Crippen LogP contribution in [0.4, 0.5) is 5.69 Å². The summed E-state index contributed by atoms with van der Waals surface area (Å²) in [5.74, 6) is 0.882. The summed E-state index contributed by atoms with van der Waals surface area (Å²) in [5, 5.41) is 4.26. The quantitative estimate of drug-likeness (QED) is 0.640. The van der Waals surface area contributed by atoms with Crippen LogP contribution in [0.5, 0.6) is 5.75 Å². The van der Waals surface area contributed by atoms with Gasteiger partial charge in [0.25, 0.3) is 0 Å². The van der Waals surface area contributed by atoms with Gasteiger partial charge in [0.15, 0.2) is 11.3 Å². The Balaban J connectivity index is 1.80. The van der Waals surface area contributed by atoms with E-state index in [0.717, 1.165) is 22.2 Å². The van der Waals surface area contributed by atoms with E-state index in [0.29, 0.717) is 22.1 Å². The summed E-state index contributed by atoms with van der Waals surface area (Å²) in [6.07, 6.45) is 3.06. The number of fused-ring (bicyclic) bond motifs is 1. The van der Waals surface area contributed by atoms with Gasteiger partial charge in [0.05, 0.1) is 7.11 Å². The van der Waals surface area contributed by atoms with E-state index in [-0.39, 0.29) is 5.91 Å². The first-order valence-corrected chi connectivity index (χ1v) is 8.17. The molecule has 25 heavy (non-hydrogen) atoms. The first-order chi connectivity index (χ1) is 12.0. The minimum atomic E-state index is -0.223. The zero-order valence-electron chi connectivity index (χ0n) is 14.2. The third-order valence-electron chi connectivity index (χ3n) is 3.84. The van der Waals surface area contributed by atoms with E-state index in [2.05, 4.69) is 5.32 Å². The second kappa shape index (κ2) is 7.03. The van der Waals surface area contributed by atoms with Gasteiger partial charge in [0.1, 0.15) is 5.76 Å². The zero-order valence-corrected chi connectivity index (χ0v) is 15.0. The fraction of sp³-hybridized carbons (Fsp3) is 0.150. The van der Waals surface area contributed by atoms with Crippen LogP contribution in [0.2, 0.25) is 5.02 Å². The molecule has 0 bridgehead atoms. The van der Waals surface area contributed by atoms with Crippen molar-refractivity contribution in [1.82, 2.24) is 0 Å². The molecule has 3 rings (SSSR count). The topological polar surface area (TPSA) is 51.5 Å². The third-order valence-corrected chi connectivity index (χ3v) is 4.05. The van der Waals surface area contributed by atoms with Crippen LogP contribution in [0.15, 0.2) is 46.9 Å². The molecule has 3 aromatic rings. The Labute approximate surface area is 151 Å². The molecular formula is C20H18ClNO3. The van der Waals surface area contributed by atoms with Crippen LogP contribution in [0.25, 0.3) is 17.0 Å². The molecule has 0 aliphatic heterocycles. The van der Waals surface area contributed by atoms with Crippen LogP contribution in [0.1, 0.15) is 16.9 Å². The van der Waals surface area contributed by atoms with Crippen LogP contribution in [-0.2, 0) is 4.79 Å². The van der Waals surface area contributed by atoms with E-state index in [9.17, 15) is 4.79 Å². The molecule has 0 spiro atoms. The summed E-state index contributed by atoms with van der Waals surface area (Å²) >= 11 is 6.05. The molecule has 0 aliphatic rings. The molecule has 5 heteroatoms. The molecule has 0 radical (unpaired) electrons. The van der Waals surface area contributed by atoms with Gasteiger partial charge in [-0.3, -0.25) is 4.79 Å². The highest BCUT2D eigenvalue weighted by Gasteiger charge is 2.10. The lowest BCUT2D eigenvalue weighted by Gasteiger charge is -2.07. The van der Waals surface area contributed by atoms with Gasteiger partial charge in [0, 0.05) is 28.2 Å². The molecule has 1 amide bonds. The molecule has 4 nitrogen and oxygen atoms in total. The number of ether oxygens (including phenoxy) is 1. The van der Waals surface area contributed by atoms with Crippen molar-refractivity contribution in [3.63, 3.8) is 0 Å². The summed E-state index contributed by atoms with van der Waals surface area (Å²) in [5.41, 5.74) is 3.50. The normalized spacial score (nSPS) is 11.2. The number of anilines is 1. The maximum Gasteiger partial charge on any atom is 0.248 e. The van der Waals surface area contributed by atoms with Gasteiger partial charge in [-0.25, -0.2) is 0 Å². The number of halogens is 1. The molecule has 2 aromatic carbocycles. The van der Waals surface area contributed by atoms with Gasteiger partial charge in [-0.2, -0.15) is 0 Å². The van der Waals surface area contributed by atoms with Crippen molar-refractivity contribution in [2.24, 2.45) is 0 Å². The van der Waals surface area contributed by atoms with Crippen molar-refractivity contribution in [1.29, 1.82) is 0 Å². The van der Waals surface area contributed by atoms with Crippen molar-refractivity contribution in [3.05, 3.63) is 64.4 Å². The van der Waals surface area contributed by atoms with Gasteiger partial charge in [0.2, 0.25) is 5.91 Å². The number of hydrogen-bond acceptors (Lipinski definition) is 3. The highest BCUT2D eigenvalue weighted by atomic mass is 35.5. The van der Waals surface area contributed by atoms with Crippen molar-refractivity contribution in [3.8, 4) is 5.75 Å². The lowest BCUT2D eigenvalue weighted by Crippen LogP contribution is -2.09. The smallest absolute Gasteiger partial charge is 0.248 e. The summed E-state index contributed by atoms with van der Waals surface area (Å²) in [7, 11) is 1.56. The summed E-state index contributed by atoms with van der Waals surface area (Å²) in [4.78, 5) is 12.2. The maximum atomic E-state index is 12.2. The average molecular weight is 356 g/mol. The predicted octanol–water partition coefficient (Wildman–Crippen LogP) is 5.36. The Morgan fingerprint density at radius 3 is 2.76 bits per heavy atom. The second-order valence-corrected chi connectivity index (χ2v) is 6.25. The Bertz CT molecular complexity index is 972. The van der Waals surface area contributed by atoms with E-state index in [4.69, 9.17) is 20.8 Å². The standard InChI is InChI=1S/C20H18ClNO3/c1-12-4-5-13(2)17(8-12)22-19(23)7-6-16-10-14-9-15(21)11-18(24-3)20(14)25-16/h4-11H,1-3H3,(H,22,23)/b7-6+. The lowest BCUT2D eigenvalue weighted by molar-refractivity contribution is -0.111. The van der Waals surface area contributed by atoms with Gasteiger partial charge in [-0.05, 0) is 49.2 Å². The van der Waals surface area contributed by atoms with Crippen molar-refractivity contribution in [2.75, 3.05) is 12.4 Å². The van der Waals surface area contributed by atoms with Gasteiger partial charge < -0.3 is 14.5 Å².